The van der Waals surface area contributed by atoms with E-state index in [1.807, 2.05) is 6.07 Å². The summed E-state index contributed by atoms with van der Waals surface area (Å²) in [6.45, 7) is 0.684. The van der Waals surface area contributed by atoms with E-state index in [0.29, 0.717) is 35.6 Å². The summed E-state index contributed by atoms with van der Waals surface area (Å²) in [6, 6.07) is 1.34. The maximum atomic E-state index is 13.9. The van der Waals surface area contributed by atoms with Crippen molar-refractivity contribution < 1.29 is 22.9 Å². The first-order valence-corrected chi connectivity index (χ1v) is 12.6. The van der Waals surface area contributed by atoms with Gasteiger partial charge in [0.2, 0.25) is 11.8 Å². The van der Waals surface area contributed by atoms with E-state index in [9.17, 15) is 18.4 Å². The Morgan fingerprint density at radius 3 is 2.78 bits per heavy atom. The zero-order valence-electron chi connectivity index (χ0n) is 19.8. The minimum atomic E-state index is -2.68. The van der Waals surface area contributed by atoms with Gasteiger partial charge in [-0.15, -0.1) is 0 Å². The third-order valence-electron chi connectivity index (χ3n) is 7.68. The van der Waals surface area contributed by atoms with Crippen LogP contribution in [0.2, 0.25) is 0 Å². The fourth-order valence-electron chi connectivity index (χ4n) is 5.43. The topological polar surface area (TPSA) is 114 Å². The second kappa shape index (κ2) is 8.94. The van der Waals surface area contributed by atoms with Crippen molar-refractivity contribution in [3.8, 4) is 0 Å². The van der Waals surface area contributed by atoms with Crippen LogP contribution >= 0.6 is 0 Å². The molecule has 3 aromatic rings. The van der Waals surface area contributed by atoms with E-state index in [2.05, 4.69) is 20.9 Å². The molecule has 11 heteroatoms. The van der Waals surface area contributed by atoms with Gasteiger partial charge in [0.25, 0.3) is 5.91 Å². The number of fused-ring (bicyclic) bond motifs is 1. The highest BCUT2D eigenvalue weighted by Crippen LogP contribution is 2.43. The van der Waals surface area contributed by atoms with Crippen LogP contribution in [0, 0.1) is 11.8 Å². The fraction of sp³-hybridized carbons (Fsp3) is 0.560. The first kappa shape index (κ1) is 23.1. The van der Waals surface area contributed by atoms with Gasteiger partial charge in [-0.2, -0.15) is 5.10 Å². The lowest BCUT2D eigenvalue weighted by Gasteiger charge is -2.33. The van der Waals surface area contributed by atoms with Gasteiger partial charge in [0.15, 0.2) is 5.65 Å². The highest BCUT2D eigenvalue weighted by molar-refractivity contribution is 5.95. The predicted molar refractivity (Wildman–Crippen MR) is 123 cm³/mol. The number of aromatic nitrogens is 4. The van der Waals surface area contributed by atoms with Gasteiger partial charge >= 0.3 is 0 Å². The Morgan fingerprint density at radius 1 is 1.25 bits per heavy atom. The summed E-state index contributed by atoms with van der Waals surface area (Å²) in [5.41, 5.74) is 3.11. The quantitative estimate of drug-likeness (QED) is 0.515. The van der Waals surface area contributed by atoms with Crippen LogP contribution in [-0.4, -0.2) is 44.0 Å². The standard InChI is InChI=1S/C25H28F2N6O3/c26-25(27)6-3-16(4-7-25)22(31-24(35)18-13-36-32-21(18)15-1-2-15)19-12-33-20(30-19)10-14(11-29-33)9-17-5-8-28-23(17)34/h10-13,15-17,22H,1-9H2,(H,28,34)(H,31,35). The number of carbonyl (C=O) groups excluding carboxylic acids is 2. The summed E-state index contributed by atoms with van der Waals surface area (Å²) >= 11 is 0. The molecule has 3 aromatic heterocycles. The number of amides is 2. The Balaban J connectivity index is 1.27. The van der Waals surface area contributed by atoms with Gasteiger partial charge in [0.05, 0.1) is 29.8 Å². The summed E-state index contributed by atoms with van der Waals surface area (Å²) < 4.78 is 34.5. The molecule has 1 aliphatic heterocycles. The normalized spacial score (nSPS) is 23.1. The Bertz CT molecular complexity index is 1290. The van der Waals surface area contributed by atoms with Gasteiger partial charge in [0.1, 0.15) is 11.8 Å². The zero-order valence-corrected chi connectivity index (χ0v) is 19.8. The molecule has 2 N–H and O–H groups in total. The number of alkyl halides is 2. The minimum absolute atomic E-state index is 0.0510. The smallest absolute Gasteiger partial charge is 0.257 e. The maximum absolute atomic E-state index is 13.9. The highest BCUT2D eigenvalue weighted by Gasteiger charge is 2.40. The Hall–Kier alpha value is -3.37. The van der Waals surface area contributed by atoms with Crippen LogP contribution in [0.1, 0.15) is 84.2 Å². The number of carbonyl (C=O) groups is 2. The second-order valence-corrected chi connectivity index (χ2v) is 10.3. The van der Waals surface area contributed by atoms with Gasteiger partial charge in [-0.25, -0.2) is 18.3 Å². The molecule has 36 heavy (non-hydrogen) atoms. The molecule has 9 nitrogen and oxygen atoms in total. The Labute approximate surface area is 206 Å². The molecule has 4 heterocycles. The fourth-order valence-corrected chi connectivity index (χ4v) is 5.43. The SMILES string of the molecule is O=C(NC(c1cn2ncc(CC3CCNC3=O)cc2n1)C1CCC(F)(F)CC1)c1conc1C1CC1. The van der Waals surface area contributed by atoms with Crippen LogP contribution in [-0.2, 0) is 11.2 Å². The van der Waals surface area contributed by atoms with Gasteiger partial charge < -0.3 is 15.2 Å². The molecule has 6 rings (SSSR count). The first-order valence-electron chi connectivity index (χ1n) is 12.6. The number of hydrogen-bond acceptors (Lipinski definition) is 6. The molecule has 0 bridgehead atoms. The number of nitrogens with zero attached hydrogens (tertiary/aromatic N) is 4. The molecular formula is C25H28F2N6O3. The number of rotatable bonds is 7. The summed E-state index contributed by atoms with van der Waals surface area (Å²) in [4.78, 5) is 30.0. The summed E-state index contributed by atoms with van der Waals surface area (Å²) in [6.07, 6.45) is 8.24. The average Bonchev–Trinajstić information content (AvgIpc) is 3.23. The van der Waals surface area contributed by atoms with E-state index < -0.39 is 12.0 Å². The van der Waals surface area contributed by atoms with E-state index in [4.69, 9.17) is 9.51 Å². The molecule has 0 aromatic carbocycles. The number of imidazole rings is 1. The molecule has 190 valence electrons. The Kier molecular flexibility index (Phi) is 5.72. The third kappa shape index (κ3) is 4.58. The van der Waals surface area contributed by atoms with Crippen molar-refractivity contribution in [2.24, 2.45) is 11.8 Å². The van der Waals surface area contributed by atoms with E-state index in [0.717, 1.165) is 24.8 Å². The minimum Gasteiger partial charge on any atom is -0.364 e. The third-order valence-corrected chi connectivity index (χ3v) is 7.68. The zero-order chi connectivity index (χ0) is 24.9. The molecule has 2 amide bonds. The van der Waals surface area contributed by atoms with Crippen molar-refractivity contribution >= 4 is 17.5 Å². The first-order chi connectivity index (χ1) is 17.4. The van der Waals surface area contributed by atoms with Crippen molar-refractivity contribution in [1.82, 2.24) is 30.4 Å². The lowest BCUT2D eigenvalue weighted by Crippen LogP contribution is -2.37. The van der Waals surface area contributed by atoms with Gasteiger partial charge in [-0.1, -0.05) is 5.16 Å². The van der Waals surface area contributed by atoms with E-state index in [-0.39, 0.29) is 55.3 Å². The van der Waals surface area contributed by atoms with E-state index >= 15 is 0 Å². The average molecular weight is 499 g/mol. The largest absolute Gasteiger partial charge is 0.364 e. The predicted octanol–water partition coefficient (Wildman–Crippen LogP) is 3.57. The Morgan fingerprint density at radius 2 is 2.06 bits per heavy atom. The molecule has 0 radical (unpaired) electrons. The monoisotopic (exact) mass is 498 g/mol. The lowest BCUT2D eigenvalue weighted by molar-refractivity contribution is -0.122. The molecule has 3 aliphatic rings. The van der Waals surface area contributed by atoms with Crippen molar-refractivity contribution in [1.29, 1.82) is 0 Å². The highest BCUT2D eigenvalue weighted by atomic mass is 19.3. The van der Waals surface area contributed by atoms with Gasteiger partial charge in [-0.05, 0) is 56.1 Å². The van der Waals surface area contributed by atoms with Crippen molar-refractivity contribution in [2.45, 2.75) is 69.2 Å². The van der Waals surface area contributed by atoms with Crippen LogP contribution in [0.25, 0.3) is 5.65 Å². The summed E-state index contributed by atoms with van der Waals surface area (Å²) in [5, 5.41) is 14.4. The number of hydrogen-bond donors (Lipinski definition) is 2. The lowest BCUT2D eigenvalue weighted by atomic mass is 9.81. The maximum Gasteiger partial charge on any atom is 0.257 e. The number of halogens is 2. The van der Waals surface area contributed by atoms with Crippen molar-refractivity contribution in [3.63, 3.8) is 0 Å². The van der Waals surface area contributed by atoms with Crippen LogP contribution in [0.4, 0.5) is 8.78 Å². The second-order valence-electron chi connectivity index (χ2n) is 10.3. The van der Waals surface area contributed by atoms with Crippen LogP contribution in [0.15, 0.2) is 29.2 Å². The molecule has 1 saturated heterocycles. The molecule has 2 saturated carbocycles. The van der Waals surface area contributed by atoms with Crippen LogP contribution in [0.3, 0.4) is 0 Å². The molecule has 2 atom stereocenters. The summed E-state index contributed by atoms with van der Waals surface area (Å²) in [7, 11) is 0. The van der Waals surface area contributed by atoms with Gasteiger partial charge in [0, 0.05) is 31.2 Å². The van der Waals surface area contributed by atoms with Gasteiger partial charge in [-0.3, -0.25) is 9.59 Å². The van der Waals surface area contributed by atoms with Crippen molar-refractivity contribution in [3.05, 3.63) is 47.2 Å². The molecule has 0 spiro atoms. The number of nitrogens with one attached hydrogen (secondary N) is 2. The summed E-state index contributed by atoms with van der Waals surface area (Å²) in [5.74, 6) is -3.00. The van der Waals surface area contributed by atoms with Crippen LogP contribution in [0.5, 0.6) is 0 Å². The molecular weight excluding hydrogens is 470 g/mol. The molecule has 2 unspecified atom stereocenters. The van der Waals surface area contributed by atoms with E-state index in [1.54, 1.807) is 16.9 Å². The van der Waals surface area contributed by atoms with E-state index in [1.165, 1.54) is 6.26 Å². The van der Waals surface area contributed by atoms with Crippen molar-refractivity contribution in [2.75, 3.05) is 6.54 Å². The van der Waals surface area contributed by atoms with Crippen LogP contribution < -0.4 is 10.6 Å². The molecule has 2 aliphatic carbocycles. The molecule has 3 fully saturated rings.